The van der Waals surface area contributed by atoms with Gasteiger partial charge in [-0.3, -0.25) is 4.98 Å². The summed E-state index contributed by atoms with van der Waals surface area (Å²) in [5.41, 5.74) is 0.929. The molecule has 20 heavy (non-hydrogen) atoms. The Kier molecular flexibility index (Phi) is 4.13. The minimum absolute atomic E-state index is 0.341. The van der Waals surface area contributed by atoms with E-state index in [1.165, 1.54) is 30.3 Å². The van der Waals surface area contributed by atoms with Crippen LogP contribution < -0.4 is 4.74 Å². The van der Waals surface area contributed by atoms with Gasteiger partial charge < -0.3 is 4.74 Å². The van der Waals surface area contributed by atoms with Crippen LogP contribution in [0.15, 0.2) is 42.6 Å². The molecule has 2 aromatic rings. The van der Waals surface area contributed by atoms with Crippen molar-refractivity contribution in [1.29, 1.82) is 0 Å². The molecule has 0 amide bonds. The monoisotopic (exact) mass is 305 g/mol. The second-order valence-electron chi connectivity index (χ2n) is 3.88. The van der Waals surface area contributed by atoms with Crippen LogP contribution >= 0.6 is 11.6 Å². The Morgan fingerprint density at radius 1 is 1.05 bits per heavy atom. The predicted molar refractivity (Wildman–Crippen MR) is 65.0 cm³/mol. The third-order valence-corrected chi connectivity index (χ3v) is 2.89. The summed E-state index contributed by atoms with van der Waals surface area (Å²) in [5, 5.41) is -0.685. The van der Waals surface area contributed by atoms with Crippen LogP contribution in [0.2, 0.25) is 0 Å². The van der Waals surface area contributed by atoms with Crippen LogP contribution in [0.25, 0.3) is 0 Å². The summed E-state index contributed by atoms with van der Waals surface area (Å²) in [7, 11) is 0. The molecule has 7 heteroatoms. The van der Waals surface area contributed by atoms with Gasteiger partial charge in [-0.25, -0.2) is 4.39 Å². The molecule has 1 heterocycles. The third-order valence-electron chi connectivity index (χ3n) is 2.42. The van der Waals surface area contributed by atoms with Gasteiger partial charge in [0.25, 0.3) is 0 Å². The van der Waals surface area contributed by atoms with Crippen LogP contribution in [0.4, 0.5) is 17.6 Å². The number of aromatic nitrogens is 1. The van der Waals surface area contributed by atoms with Crippen LogP contribution in [0, 0.1) is 5.82 Å². The summed E-state index contributed by atoms with van der Waals surface area (Å²) in [5.74, 6) is -0.830. The number of alkyl halides is 4. The Balaban J connectivity index is 2.15. The highest BCUT2D eigenvalue weighted by molar-refractivity contribution is 6.22. The maximum absolute atomic E-state index is 12.8. The Labute approximate surface area is 117 Å². The smallest absolute Gasteiger partial charge is 0.404 e. The van der Waals surface area contributed by atoms with E-state index in [1.807, 2.05) is 0 Å². The molecule has 1 aromatic carbocycles. The molecule has 0 bridgehead atoms. The van der Waals surface area contributed by atoms with Gasteiger partial charge in [-0.2, -0.15) is 0 Å². The lowest BCUT2D eigenvalue weighted by Crippen LogP contribution is -2.17. The molecular formula is C13H8ClF4NO. The highest BCUT2D eigenvalue weighted by Crippen LogP contribution is 2.29. The fourth-order valence-corrected chi connectivity index (χ4v) is 1.81. The molecule has 2 nitrogen and oxygen atoms in total. The van der Waals surface area contributed by atoms with E-state index < -0.39 is 23.3 Å². The summed E-state index contributed by atoms with van der Waals surface area (Å²) >= 11 is 6.12. The van der Waals surface area contributed by atoms with Crippen molar-refractivity contribution in [2.45, 2.75) is 11.7 Å². The quantitative estimate of drug-likeness (QED) is 0.617. The number of benzene rings is 1. The maximum Gasteiger partial charge on any atom is 0.573 e. The van der Waals surface area contributed by atoms with Crippen molar-refractivity contribution in [2.24, 2.45) is 0 Å². The first-order valence-corrected chi connectivity index (χ1v) is 5.90. The third kappa shape index (κ3) is 3.84. The van der Waals surface area contributed by atoms with Gasteiger partial charge in [0.1, 0.15) is 16.9 Å². The van der Waals surface area contributed by atoms with Crippen molar-refractivity contribution < 1.29 is 22.3 Å². The van der Waals surface area contributed by atoms with E-state index in [4.69, 9.17) is 11.6 Å². The fraction of sp³-hybridized carbons (Fsp3) is 0.154. The van der Waals surface area contributed by atoms with Crippen molar-refractivity contribution in [3.8, 4) is 5.75 Å². The van der Waals surface area contributed by atoms with E-state index in [-0.39, 0.29) is 0 Å². The molecule has 0 saturated carbocycles. The molecule has 0 aliphatic heterocycles. The topological polar surface area (TPSA) is 22.1 Å². The van der Waals surface area contributed by atoms with Crippen molar-refractivity contribution >= 4 is 11.6 Å². The van der Waals surface area contributed by atoms with Gasteiger partial charge in [0.2, 0.25) is 0 Å². The van der Waals surface area contributed by atoms with E-state index in [0.29, 0.717) is 11.3 Å². The Bertz CT molecular complexity index is 568. The van der Waals surface area contributed by atoms with Crippen molar-refractivity contribution in [2.75, 3.05) is 0 Å². The van der Waals surface area contributed by atoms with Crippen LogP contribution in [0.3, 0.4) is 0 Å². The SMILES string of the molecule is Fc1ccc(C(Cl)c2ccc(OC(F)(F)F)cn2)cc1. The Hall–Kier alpha value is -1.82. The van der Waals surface area contributed by atoms with Crippen molar-refractivity contribution in [1.82, 2.24) is 4.98 Å². The van der Waals surface area contributed by atoms with Crippen LogP contribution in [0.5, 0.6) is 5.75 Å². The Morgan fingerprint density at radius 2 is 1.70 bits per heavy atom. The first kappa shape index (κ1) is 14.6. The molecule has 1 aromatic heterocycles. The molecule has 2 rings (SSSR count). The molecule has 0 aliphatic carbocycles. The van der Waals surface area contributed by atoms with Crippen LogP contribution in [-0.4, -0.2) is 11.3 Å². The molecule has 0 fully saturated rings. The van der Waals surface area contributed by atoms with Gasteiger partial charge >= 0.3 is 6.36 Å². The number of ether oxygens (including phenoxy) is 1. The average Bonchev–Trinajstić information content (AvgIpc) is 2.38. The lowest BCUT2D eigenvalue weighted by molar-refractivity contribution is -0.274. The summed E-state index contributed by atoms with van der Waals surface area (Å²) in [6.45, 7) is 0. The lowest BCUT2D eigenvalue weighted by atomic mass is 10.1. The highest BCUT2D eigenvalue weighted by atomic mass is 35.5. The van der Waals surface area contributed by atoms with Crippen molar-refractivity contribution in [3.63, 3.8) is 0 Å². The number of halogens is 5. The zero-order valence-electron chi connectivity index (χ0n) is 9.86. The number of pyridine rings is 1. The second-order valence-corrected chi connectivity index (χ2v) is 4.32. The maximum atomic E-state index is 12.8. The van der Waals surface area contributed by atoms with E-state index in [9.17, 15) is 17.6 Å². The largest absolute Gasteiger partial charge is 0.573 e. The summed E-state index contributed by atoms with van der Waals surface area (Å²) in [6, 6.07) is 7.89. The number of nitrogens with zero attached hydrogens (tertiary/aromatic N) is 1. The van der Waals surface area contributed by atoms with Gasteiger partial charge in [-0.15, -0.1) is 24.8 Å². The molecule has 0 saturated heterocycles. The van der Waals surface area contributed by atoms with Crippen LogP contribution in [-0.2, 0) is 0 Å². The van der Waals surface area contributed by atoms with Crippen molar-refractivity contribution in [3.05, 3.63) is 59.7 Å². The van der Waals surface area contributed by atoms with Gasteiger partial charge in [-0.1, -0.05) is 12.1 Å². The fourth-order valence-electron chi connectivity index (χ4n) is 1.54. The normalized spacial score (nSPS) is 13.1. The first-order chi connectivity index (χ1) is 9.35. The van der Waals surface area contributed by atoms with E-state index in [0.717, 1.165) is 12.3 Å². The first-order valence-electron chi connectivity index (χ1n) is 5.46. The van der Waals surface area contributed by atoms with Gasteiger partial charge in [0.05, 0.1) is 11.9 Å². The molecule has 1 atom stereocenters. The van der Waals surface area contributed by atoms with E-state index in [2.05, 4.69) is 9.72 Å². The molecule has 0 radical (unpaired) electrons. The second kappa shape index (κ2) is 5.66. The van der Waals surface area contributed by atoms with Gasteiger partial charge in [0, 0.05) is 0 Å². The zero-order chi connectivity index (χ0) is 14.8. The molecular weight excluding hydrogens is 298 g/mol. The molecule has 0 aliphatic rings. The summed E-state index contributed by atoms with van der Waals surface area (Å²) < 4.78 is 52.5. The number of hydrogen-bond donors (Lipinski definition) is 0. The van der Waals surface area contributed by atoms with Gasteiger partial charge in [-0.05, 0) is 29.8 Å². The standard InChI is InChI=1S/C13H8ClF4NO/c14-12(8-1-3-9(15)4-2-8)11-6-5-10(7-19-11)20-13(16,17)18/h1-7,12H. The van der Waals surface area contributed by atoms with E-state index >= 15 is 0 Å². The van der Waals surface area contributed by atoms with E-state index in [1.54, 1.807) is 0 Å². The molecule has 106 valence electrons. The van der Waals surface area contributed by atoms with Crippen LogP contribution in [0.1, 0.15) is 16.6 Å². The van der Waals surface area contributed by atoms with Gasteiger partial charge in [0.15, 0.2) is 0 Å². The Morgan fingerprint density at radius 3 is 2.20 bits per heavy atom. The zero-order valence-corrected chi connectivity index (χ0v) is 10.6. The number of rotatable bonds is 3. The molecule has 0 N–H and O–H groups in total. The molecule has 0 spiro atoms. The summed E-state index contributed by atoms with van der Waals surface area (Å²) in [4.78, 5) is 3.81. The summed E-state index contributed by atoms with van der Waals surface area (Å²) in [6.07, 6.45) is -3.83. The predicted octanol–water partition coefficient (Wildman–Crippen LogP) is 4.45. The average molecular weight is 306 g/mol. The minimum atomic E-state index is -4.76. The minimum Gasteiger partial charge on any atom is -0.404 e. The highest BCUT2D eigenvalue weighted by Gasteiger charge is 2.31. The number of hydrogen-bond acceptors (Lipinski definition) is 2. The lowest BCUT2D eigenvalue weighted by Gasteiger charge is -2.11. The molecule has 1 unspecified atom stereocenters.